The lowest BCUT2D eigenvalue weighted by atomic mass is 10.0. The summed E-state index contributed by atoms with van der Waals surface area (Å²) in [7, 11) is 0. The van der Waals surface area contributed by atoms with Crippen LogP contribution in [0.25, 0.3) is 0 Å². The molecule has 2 aromatic rings. The number of carbonyl (C=O) groups is 1. The normalized spacial score (nSPS) is 14.9. The van der Waals surface area contributed by atoms with E-state index in [9.17, 15) is 4.79 Å². The summed E-state index contributed by atoms with van der Waals surface area (Å²) in [5.41, 5.74) is 2.67. The molecule has 0 atom stereocenters. The minimum absolute atomic E-state index is 0.0860. The zero-order valence-electron chi connectivity index (χ0n) is 10.9. The van der Waals surface area contributed by atoms with Gasteiger partial charge in [0.25, 0.3) is 5.91 Å². The zero-order valence-corrected chi connectivity index (χ0v) is 10.9. The molecule has 0 radical (unpaired) electrons. The fourth-order valence-corrected chi connectivity index (χ4v) is 2.45. The number of hydrogen-bond donors (Lipinski definition) is 1. The number of amides is 1. The van der Waals surface area contributed by atoms with Gasteiger partial charge in [0.05, 0.1) is 0 Å². The van der Waals surface area contributed by atoms with E-state index >= 15 is 0 Å². The van der Waals surface area contributed by atoms with Crippen LogP contribution in [0, 0.1) is 6.92 Å². The highest BCUT2D eigenvalue weighted by atomic mass is 16.2. The molecular weight excluding hydrogens is 240 g/mol. The first kappa shape index (κ1) is 11.9. The molecule has 19 heavy (non-hydrogen) atoms. The second kappa shape index (κ2) is 4.84. The number of rotatable bonds is 1. The second-order valence-corrected chi connectivity index (χ2v) is 4.81. The Balaban J connectivity index is 1.77. The third-order valence-electron chi connectivity index (χ3n) is 3.50. The van der Waals surface area contributed by atoms with Gasteiger partial charge in [-0.25, -0.2) is 4.98 Å². The Kier molecular flexibility index (Phi) is 3.03. The van der Waals surface area contributed by atoms with Crippen LogP contribution in [-0.4, -0.2) is 39.1 Å². The molecule has 1 aliphatic rings. The first-order valence-electron chi connectivity index (χ1n) is 6.49. The van der Waals surface area contributed by atoms with E-state index in [4.69, 9.17) is 0 Å². The Hall–Kier alpha value is -2.17. The molecule has 0 unspecified atom stereocenters. The standard InChI is InChI=1S/C14H16N4O/c1-10-15-13(17-16-10)14(19)18-8-6-11-4-2-3-5-12(11)7-9-18/h2-5H,6-9H2,1H3,(H,15,16,17). The lowest BCUT2D eigenvalue weighted by Gasteiger charge is -2.18. The number of H-pyrrole nitrogens is 1. The molecule has 0 aliphatic carbocycles. The maximum atomic E-state index is 12.3. The van der Waals surface area contributed by atoms with Crippen LogP contribution in [0.4, 0.5) is 0 Å². The Morgan fingerprint density at radius 1 is 1.21 bits per heavy atom. The van der Waals surface area contributed by atoms with Gasteiger partial charge in [0.15, 0.2) is 0 Å². The fraction of sp³-hybridized carbons (Fsp3) is 0.357. The number of hydrogen-bond acceptors (Lipinski definition) is 3. The fourth-order valence-electron chi connectivity index (χ4n) is 2.45. The summed E-state index contributed by atoms with van der Waals surface area (Å²) >= 11 is 0. The molecule has 98 valence electrons. The van der Waals surface area contributed by atoms with Gasteiger partial charge in [0, 0.05) is 13.1 Å². The molecule has 0 fully saturated rings. The summed E-state index contributed by atoms with van der Waals surface area (Å²) in [5, 5.41) is 6.66. The smallest absolute Gasteiger partial charge is 0.293 e. The third-order valence-corrected chi connectivity index (χ3v) is 3.50. The minimum atomic E-state index is -0.0860. The molecule has 0 saturated heterocycles. The summed E-state index contributed by atoms with van der Waals surface area (Å²) in [6.45, 7) is 3.24. The van der Waals surface area contributed by atoms with Gasteiger partial charge in [-0.3, -0.25) is 9.89 Å². The van der Waals surface area contributed by atoms with Crippen LogP contribution in [0.1, 0.15) is 27.6 Å². The van der Waals surface area contributed by atoms with Crippen molar-refractivity contribution in [2.45, 2.75) is 19.8 Å². The Labute approximate surface area is 111 Å². The summed E-state index contributed by atoms with van der Waals surface area (Å²) < 4.78 is 0. The third kappa shape index (κ3) is 2.36. The summed E-state index contributed by atoms with van der Waals surface area (Å²) in [6.07, 6.45) is 1.79. The molecule has 3 rings (SSSR count). The van der Waals surface area contributed by atoms with Crippen molar-refractivity contribution >= 4 is 5.91 Å². The highest BCUT2D eigenvalue weighted by Gasteiger charge is 2.22. The van der Waals surface area contributed by atoms with Crippen molar-refractivity contribution in [3.8, 4) is 0 Å². The first-order valence-corrected chi connectivity index (χ1v) is 6.49. The van der Waals surface area contributed by atoms with E-state index in [2.05, 4.69) is 39.4 Å². The molecule has 5 nitrogen and oxygen atoms in total. The summed E-state index contributed by atoms with van der Waals surface area (Å²) in [4.78, 5) is 18.2. The maximum absolute atomic E-state index is 12.3. The van der Waals surface area contributed by atoms with Gasteiger partial charge in [-0.15, -0.1) is 5.10 Å². The molecule has 0 saturated carbocycles. The number of aryl methyl sites for hydroxylation is 1. The van der Waals surface area contributed by atoms with Crippen molar-refractivity contribution in [3.63, 3.8) is 0 Å². The number of fused-ring (bicyclic) bond motifs is 1. The van der Waals surface area contributed by atoms with Crippen LogP contribution < -0.4 is 0 Å². The van der Waals surface area contributed by atoms with Crippen LogP contribution in [0.15, 0.2) is 24.3 Å². The maximum Gasteiger partial charge on any atom is 0.293 e. The number of aromatic nitrogens is 3. The van der Waals surface area contributed by atoms with Gasteiger partial charge < -0.3 is 4.90 Å². The Bertz CT molecular complexity index is 578. The second-order valence-electron chi connectivity index (χ2n) is 4.81. The lowest BCUT2D eigenvalue weighted by molar-refractivity contribution is 0.0751. The van der Waals surface area contributed by atoms with Crippen molar-refractivity contribution in [1.29, 1.82) is 0 Å². The van der Waals surface area contributed by atoms with Crippen LogP contribution >= 0.6 is 0 Å². The predicted octanol–water partition coefficient (Wildman–Crippen LogP) is 1.35. The number of nitrogens with one attached hydrogen (secondary N) is 1. The number of benzene rings is 1. The average Bonchev–Trinajstić information content (AvgIpc) is 2.74. The van der Waals surface area contributed by atoms with Crippen LogP contribution in [0.2, 0.25) is 0 Å². The number of carbonyl (C=O) groups excluding carboxylic acids is 1. The van der Waals surface area contributed by atoms with E-state index in [0.717, 1.165) is 25.9 Å². The molecule has 1 amide bonds. The van der Waals surface area contributed by atoms with Gasteiger partial charge >= 0.3 is 0 Å². The minimum Gasteiger partial charge on any atom is -0.335 e. The van der Waals surface area contributed by atoms with Crippen molar-refractivity contribution in [2.75, 3.05) is 13.1 Å². The van der Waals surface area contributed by atoms with Gasteiger partial charge in [-0.05, 0) is 30.9 Å². The van der Waals surface area contributed by atoms with E-state index in [1.54, 1.807) is 6.92 Å². The predicted molar refractivity (Wildman–Crippen MR) is 70.9 cm³/mol. The summed E-state index contributed by atoms with van der Waals surface area (Å²) in [5.74, 6) is 0.849. The van der Waals surface area contributed by atoms with Crippen molar-refractivity contribution < 1.29 is 4.79 Å². The number of nitrogens with zero attached hydrogens (tertiary/aromatic N) is 3. The van der Waals surface area contributed by atoms with E-state index < -0.39 is 0 Å². The van der Waals surface area contributed by atoms with Crippen molar-refractivity contribution in [3.05, 3.63) is 47.0 Å². The molecule has 1 aromatic carbocycles. The lowest BCUT2D eigenvalue weighted by Crippen LogP contribution is -2.34. The van der Waals surface area contributed by atoms with E-state index in [1.165, 1.54) is 11.1 Å². The quantitative estimate of drug-likeness (QED) is 0.838. The van der Waals surface area contributed by atoms with Crippen LogP contribution in [0.3, 0.4) is 0 Å². The monoisotopic (exact) mass is 256 g/mol. The van der Waals surface area contributed by atoms with Crippen LogP contribution in [-0.2, 0) is 12.8 Å². The number of aromatic amines is 1. The summed E-state index contributed by atoms with van der Waals surface area (Å²) in [6, 6.07) is 8.38. The Morgan fingerprint density at radius 2 is 1.84 bits per heavy atom. The first-order chi connectivity index (χ1) is 9.24. The molecule has 5 heteroatoms. The van der Waals surface area contributed by atoms with Gasteiger partial charge in [0.1, 0.15) is 5.82 Å². The molecule has 1 N–H and O–H groups in total. The highest BCUT2D eigenvalue weighted by molar-refractivity contribution is 5.90. The van der Waals surface area contributed by atoms with Gasteiger partial charge in [-0.2, -0.15) is 0 Å². The highest BCUT2D eigenvalue weighted by Crippen LogP contribution is 2.16. The molecule has 1 aliphatic heterocycles. The average molecular weight is 256 g/mol. The van der Waals surface area contributed by atoms with E-state index in [0.29, 0.717) is 5.82 Å². The van der Waals surface area contributed by atoms with Crippen molar-refractivity contribution in [2.24, 2.45) is 0 Å². The molecule has 2 heterocycles. The molecule has 0 spiro atoms. The zero-order chi connectivity index (χ0) is 13.2. The topological polar surface area (TPSA) is 61.9 Å². The van der Waals surface area contributed by atoms with Gasteiger partial charge in [-0.1, -0.05) is 24.3 Å². The Morgan fingerprint density at radius 3 is 2.37 bits per heavy atom. The van der Waals surface area contributed by atoms with E-state index in [1.807, 2.05) is 4.90 Å². The molecule has 0 bridgehead atoms. The SMILES string of the molecule is Cc1nc(C(=O)N2CCc3ccccc3CC2)n[nH]1. The molecular formula is C14H16N4O. The van der Waals surface area contributed by atoms with E-state index in [-0.39, 0.29) is 11.7 Å². The van der Waals surface area contributed by atoms with Gasteiger partial charge in [0.2, 0.25) is 5.82 Å². The van der Waals surface area contributed by atoms with Crippen LogP contribution in [0.5, 0.6) is 0 Å². The molecule has 1 aromatic heterocycles. The largest absolute Gasteiger partial charge is 0.335 e. The van der Waals surface area contributed by atoms with Crippen molar-refractivity contribution in [1.82, 2.24) is 20.1 Å².